The summed E-state index contributed by atoms with van der Waals surface area (Å²) in [6, 6.07) is 0. The second-order valence-corrected chi connectivity index (χ2v) is 6.47. The molecule has 0 aliphatic rings. The smallest absolute Gasteiger partial charge is 0.310 e. The SMILES string of the molecule is CCCCCCCCCCCCCCCCCC(=O)OC=CO. The van der Waals surface area contributed by atoms with E-state index in [1.54, 1.807) is 0 Å². The van der Waals surface area contributed by atoms with Crippen LogP contribution in [-0.2, 0) is 9.53 Å². The van der Waals surface area contributed by atoms with Gasteiger partial charge in [0.1, 0.15) is 12.5 Å². The Balaban J connectivity index is 3.06. The monoisotopic (exact) mass is 326 g/mol. The Bertz CT molecular complexity index is 274. The van der Waals surface area contributed by atoms with Gasteiger partial charge in [-0.3, -0.25) is 4.79 Å². The zero-order valence-corrected chi connectivity index (χ0v) is 15.2. The summed E-state index contributed by atoms with van der Waals surface area (Å²) < 4.78 is 4.64. The lowest BCUT2D eigenvalue weighted by molar-refractivity contribution is -0.138. The highest BCUT2D eigenvalue weighted by Crippen LogP contribution is 2.13. The van der Waals surface area contributed by atoms with Crippen LogP contribution in [0.3, 0.4) is 0 Å². The molecule has 0 spiro atoms. The lowest BCUT2D eigenvalue weighted by Gasteiger charge is -2.03. The Kier molecular flexibility index (Phi) is 18.2. The van der Waals surface area contributed by atoms with Crippen molar-refractivity contribution in [3.05, 3.63) is 12.5 Å². The van der Waals surface area contributed by atoms with Crippen molar-refractivity contribution < 1.29 is 14.6 Å². The van der Waals surface area contributed by atoms with Gasteiger partial charge in [0.25, 0.3) is 0 Å². The highest BCUT2D eigenvalue weighted by molar-refractivity contribution is 5.69. The standard InChI is InChI=1S/C20H38O3/c1-2-3-4-5-6-7-8-9-10-11-12-13-14-15-16-17-20(22)23-19-18-21/h18-19,21H,2-17H2,1H3. The van der Waals surface area contributed by atoms with Crippen LogP contribution in [0.15, 0.2) is 12.5 Å². The molecule has 136 valence electrons. The molecule has 0 aliphatic carbocycles. The summed E-state index contributed by atoms with van der Waals surface area (Å²) in [5, 5.41) is 8.36. The number of rotatable bonds is 17. The van der Waals surface area contributed by atoms with E-state index in [9.17, 15) is 4.79 Å². The fourth-order valence-electron chi connectivity index (χ4n) is 2.81. The van der Waals surface area contributed by atoms with E-state index in [1.807, 2.05) is 0 Å². The Morgan fingerprint density at radius 1 is 0.739 bits per heavy atom. The Morgan fingerprint density at radius 2 is 1.13 bits per heavy atom. The maximum Gasteiger partial charge on any atom is 0.310 e. The molecule has 0 aliphatic heterocycles. The molecular weight excluding hydrogens is 288 g/mol. The zero-order chi connectivity index (χ0) is 17.0. The normalized spacial score (nSPS) is 11.2. The van der Waals surface area contributed by atoms with E-state index in [-0.39, 0.29) is 5.97 Å². The number of hydrogen-bond donors (Lipinski definition) is 1. The molecule has 0 unspecified atom stereocenters. The van der Waals surface area contributed by atoms with Crippen LogP contribution < -0.4 is 0 Å². The largest absolute Gasteiger partial charge is 0.512 e. The fourth-order valence-corrected chi connectivity index (χ4v) is 2.81. The van der Waals surface area contributed by atoms with Crippen LogP contribution in [0.1, 0.15) is 110 Å². The number of aliphatic hydroxyl groups is 1. The first-order valence-corrected chi connectivity index (χ1v) is 9.80. The summed E-state index contributed by atoms with van der Waals surface area (Å²) in [6.45, 7) is 2.27. The third-order valence-corrected chi connectivity index (χ3v) is 4.24. The van der Waals surface area contributed by atoms with E-state index in [0.717, 1.165) is 25.4 Å². The second-order valence-electron chi connectivity index (χ2n) is 6.47. The van der Waals surface area contributed by atoms with Gasteiger partial charge in [0.15, 0.2) is 0 Å². The number of esters is 1. The molecule has 0 amide bonds. The summed E-state index contributed by atoms with van der Waals surface area (Å²) in [6.07, 6.45) is 22.0. The van der Waals surface area contributed by atoms with Crippen LogP contribution in [0.2, 0.25) is 0 Å². The zero-order valence-electron chi connectivity index (χ0n) is 15.2. The van der Waals surface area contributed by atoms with Crippen molar-refractivity contribution in [1.82, 2.24) is 0 Å². The highest BCUT2D eigenvalue weighted by Gasteiger charge is 2.00. The van der Waals surface area contributed by atoms with Gasteiger partial charge in [-0.1, -0.05) is 96.8 Å². The van der Waals surface area contributed by atoms with E-state index < -0.39 is 0 Å². The predicted molar refractivity (Wildman–Crippen MR) is 97.4 cm³/mol. The van der Waals surface area contributed by atoms with Gasteiger partial charge in [-0.25, -0.2) is 0 Å². The van der Waals surface area contributed by atoms with Crippen molar-refractivity contribution >= 4 is 5.97 Å². The van der Waals surface area contributed by atoms with Crippen molar-refractivity contribution in [2.75, 3.05) is 0 Å². The van der Waals surface area contributed by atoms with Gasteiger partial charge in [0.05, 0.1) is 0 Å². The molecule has 0 heterocycles. The van der Waals surface area contributed by atoms with Gasteiger partial charge in [-0.15, -0.1) is 0 Å². The quantitative estimate of drug-likeness (QED) is 0.181. The summed E-state index contributed by atoms with van der Waals surface area (Å²) >= 11 is 0. The maximum absolute atomic E-state index is 11.2. The van der Waals surface area contributed by atoms with Crippen molar-refractivity contribution in [2.24, 2.45) is 0 Å². The van der Waals surface area contributed by atoms with Crippen LogP contribution in [0.4, 0.5) is 0 Å². The third-order valence-electron chi connectivity index (χ3n) is 4.24. The fraction of sp³-hybridized carbons (Fsp3) is 0.850. The molecule has 0 bridgehead atoms. The average molecular weight is 327 g/mol. The molecule has 23 heavy (non-hydrogen) atoms. The van der Waals surface area contributed by atoms with E-state index in [2.05, 4.69) is 11.7 Å². The second kappa shape index (κ2) is 19.1. The molecule has 0 fully saturated rings. The van der Waals surface area contributed by atoms with E-state index in [0.29, 0.717) is 6.42 Å². The number of aliphatic hydroxyl groups excluding tert-OH is 1. The molecule has 3 nitrogen and oxygen atoms in total. The molecule has 0 radical (unpaired) electrons. The summed E-state index contributed by atoms with van der Waals surface area (Å²) in [5.41, 5.74) is 0. The van der Waals surface area contributed by atoms with Gasteiger partial charge in [0.2, 0.25) is 0 Å². The summed E-state index contributed by atoms with van der Waals surface area (Å²) in [7, 11) is 0. The number of unbranched alkanes of at least 4 members (excludes halogenated alkanes) is 14. The molecule has 0 rings (SSSR count). The summed E-state index contributed by atoms with van der Waals surface area (Å²) in [5.74, 6) is -0.259. The Morgan fingerprint density at radius 3 is 1.52 bits per heavy atom. The van der Waals surface area contributed by atoms with Crippen molar-refractivity contribution in [2.45, 2.75) is 110 Å². The topological polar surface area (TPSA) is 46.5 Å². The molecule has 0 aromatic heterocycles. The number of carbonyl (C=O) groups is 1. The highest BCUT2D eigenvalue weighted by atomic mass is 16.5. The van der Waals surface area contributed by atoms with E-state index in [4.69, 9.17) is 5.11 Å². The van der Waals surface area contributed by atoms with Crippen LogP contribution in [-0.4, -0.2) is 11.1 Å². The molecule has 0 aromatic rings. The predicted octanol–water partition coefficient (Wildman–Crippen LogP) is 6.82. The maximum atomic E-state index is 11.2. The molecule has 0 saturated heterocycles. The molecule has 0 aromatic carbocycles. The molecule has 0 atom stereocenters. The first-order chi connectivity index (χ1) is 11.3. The van der Waals surface area contributed by atoms with Crippen molar-refractivity contribution in [3.63, 3.8) is 0 Å². The lowest BCUT2D eigenvalue weighted by atomic mass is 10.0. The molecular formula is C20H38O3. The number of hydrogen-bond acceptors (Lipinski definition) is 3. The van der Waals surface area contributed by atoms with Gasteiger partial charge < -0.3 is 9.84 Å². The van der Waals surface area contributed by atoms with Gasteiger partial charge in [-0.2, -0.15) is 0 Å². The van der Waals surface area contributed by atoms with Gasteiger partial charge in [-0.05, 0) is 6.42 Å². The van der Waals surface area contributed by atoms with E-state index >= 15 is 0 Å². The first kappa shape index (κ1) is 22.0. The van der Waals surface area contributed by atoms with Gasteiger partial charge in [0, 0.05) is 6.42 Å². The van der Waals surface area contributed by atoms with Crippen LogP contribution in [0.5, 0.6) is 0 Å². The minimum absolute atomic E-state index is 0.259. The minimum Gasteiger partial charge on any atom is -0.512 e. The molecule has 3 heteroatoms. The first-order valence-electron chi connectivity index (χ1n) is 9.80. The van der Waals surface area contributed by atoms with E-state index in [1.165, 1.54) is 83.5 Å². The van der Waals surface area contributed by atoms with Crippen molar-refractivity contribution in [3.8, 4) is 0 Å². The molecule has 1 N–H and O–H groups in total. The average Bonchev–Trinajstić information content (AvgIpc) is 2.56. The van der Waals surface area contributed by atoms with Crippen LogP contribution >= 0.6 is 0 Å². The van der Waals surface area contributed by atoms with Crippen LogP contribution in [0.25, 0.3) is 0 Å². The lowest BCUT2D eigenvalue weighted by Crippen LogP contribution is -1.98. The number of carbonyl (C=O) groups excluding carboxylic acids is 1. The molecule has 0 saturated carbocycles. The summed E-state index contributed by atoms with van der Waals surface area (Å²) in [4.78, 5) is 11.2. The number of ether oxygens (including phenoxy) is 1. The Labute approximate surface area is 143 Å². The third kappa shape index (κ3) is 19.0. The van der Waals surface area contributed by atoms with Crippen molar-refractivity contribution in [1.29, 1.82) is 0 Å². The minimum atomic E-state index is -0.259. The van der Waals surface area contributed by atoms with Crippen LogP contribution in [0, 0.1) is 0 Å². The Hall–Kier alpha value is -0.990. The van der Waals surface area contributed by atoms with Gasteiger partial charge >= 0.3 is 5.97 Å².